The van der Waals surface area contributed by atoms with E-state index in [0.29, 0.717) is 11.1 Å². The van der Waals surface area contributed by atoms with E-state index in [4.69, 9.17) is 0 Å². The molecule has 0 atom stereocenters. The van der Waals surface area contributed by atoms with Gasteiger partial charge < -0.3 is 4.90 Å². The van der Waals surface area contributed by atoms with Gasteiger partial charge in [0.05, 0.1) is 5.57 Å². The van der Waals surface area contributed by atoms with Crippen molar-refractivity contribution in [3.05, 3.63) is 156 Å². The minimum atomic E-state index is -0.206. The van der Waals surface area contributed by atoms with Crippen molar-refractivity contribution < 1.29 is 9.59 Å². The van der Waals surface area contributed by atoms with Gasteiger partial charge in [0.25, 0.3) is 0 Å². The van der Waals surface area contributed by atoms with Gasteiger partial charge in [0, 0.05) is 27.4 Å². The summed E-state index contributed by atoms with van der Waals surface area (Å²) in [5, 5.41) is 3.53. The molecule has 7 rings (SSSR count). The summed E-state index contributed by atoms with van der Waals surface area (Å²) in [5.74, 6) is -0.412. The van der Waals surface area contributed by atoms with Crippen molar-refractivity contribution >= 4 is 56.1 Å². The molecule has 3 nitrogen and oxygen atoms in total. The first kappa shape index (κ1) is 24.0. The number of para-hydroxylation sites is 1. The van der Waals surface area contributed by atoms with Gasteiger partial charge in [-0.2, -0.15) is 0 Å². The lowest BCUT2D eigenvalue weighted by molar-refractivity contribution is 0.0990. The van der Waals surface area contributed by atoms with Gasteiger partial charge in [-0.1, -0.05) is 97.1 Å². The van der Waals surface area contributed by atoms with Gasteiger partial charge >= 0.3 is 0 Å². The minimum absolute atomic E-state index is 0.206. The molecule has 4 heteroatoms. The van der Waals surface area contributed by atoms with E-state index >= 15 is 0 Å². The maximum absolute atomic E-state index is 12.8. The molecule has 1 aliphatic carbocycles. The number of hydrogen-bond acceptors (Lipinski definition) is 4. The van der Waals surface area contributed by atoms with Crippen LogP contribution in [0, 0.1) is 0 Å². The SMILES string of the molecule is O=C1C(=Cc2ccc(-c3ccc(N(c4ccccc4)c4ccc5ccccc5c4)s3)cc2)C(=O)c2ccccc21. The Kier molecular flexibility index (Phi) is 5.95. The van der Waals surface area contributed by atoms with E-state index in [1.54, 1.807) is 41.7 Å². The highest BCUT2D eigenvalue weighted by Crippen LogP contribution is 2.42. The highest BCUT2D eigenvalue weighted by atomic mass is 32.1. The Balaban J connectivity index is 1.21. The number of allylic oxidation sites excluding steroid dienone is 1. The van der Waals surface area contributed by atoms with E-state index in [0.717, 1.165) is 32.4 Å². The van der Waals surface area contributed by atoms with Crippen LogP contribution in [0.4, 0.5) is 16.4 Å². The van der Waals surface area contributed by atoms with Crippen molar-refractivity contribution in [2.45, 2.75) is 0 Å². The quantitative estimate of drug-likeness (QED) is 0.164. The molecule has 1 heterocycles. The zero-order chi connectivity index (χ0) is 27.1. The Hall–Kier alpha value is -5.06. The standard InChI is InChI=1S/C36H23NO2S/c38-35-30-12-6-7-13-31(30)36(39)32(35)22-24-14-16-26(17-15-24)33-20-21-34(40-33)37(28-10-2-1-3-11-28)29-19-18-25-8-4-5-9-27(25)23-29/h1-23H. The molecule has 190 valence electrons. The number of carbonyl (C=O) groups is 2. The molecule has 1 aromatic heterocycles. The lowest BCUT2D eigenvalue weighted by atomic mass is 10.0. The molecule has 0 bridgehead atoms. The van der Waals surface area contributed by atoms with E-state index < -0.39 is 0 Å². The van der Waals surface area contributed by atoms with Crippen molar-refractivity contribution in [3.8, 4) is 10.4 Å². The monoisotopic (exact) mass is 533 g/mol. The molecule has 0 amide bonds. The van der Waals surface area contributed by atoms with Gasteiger partial charge in [-0.25, -0.2) is 0 Å². The first-order valence-electron chi connectivity index (χ1n) is 13.1. The fraction of sp³-hybridized carbons (Fsp3) is 0. The molecule has 6 aromatic rings. The van der Waals surface area contributed by atoms with Crippen molar-refractivity contribution in [1.29, 1.82) is 0 Å². The van der Waals surface area contributed by atoms with Crippen LogP contribution >= 0.6 is 11.3 Å². The Labute approximate surface area is 236 Å². The lowest BCUT2D eigenvalue weighted by Crippen LogP contribution is -2.07. The summed E-state index contributed by atoms with van der Waals surface area (Å²) in [5.41, 5.74) is 5.30. The highest BCUT2D eigenvalue weighted by Gasteiger charge is 2.32. The Morgan fingerprint density at radius 2 is 1.20 bits per heavy atom. The van der Waals surface area contributed by atoms with E-state index in [2.05, 4.69) is 83.8 Å². The van der Waals surface area contributed by atoms with E-state index in [1.165, 1.54) is 10.8 Å². The maximum Gasteiger partial charge on any atom is 0.197 e. The summed E-state index contributed by atoms with van der Waals surface area (Å²) >= 11 is 1.72. The molecule has 0 spiro atoms. The van der Waals surface area contributed by atoms with Crippen LogP contribution in [0.25, 0.3) is 27.3 Å². The minimum Gasteiger partial charge on any atom is -0.302 e. The lowest BCUT2D eigenvalue weighted by Gasteiger charge is -2.24. The molecule has 0 aliphatic heterocycles. The summed E-state index contributed by atoms with van der Waals surface area (Å²) < 4.78 is 0. The smallest absolute Gasteiger partial charge is 0.197 e. The normalized spacial score (nSPS) is 12.6. The molecule has 0 unspecified atom stereocenters. The predicted octanol–water partition coefficient (Wildman–Crippen LogP) is 9.50. The van der Waals surface area contributed by atoms with E-state index in [-0.39, 0.29) is 17.1 Å². The number of benzene rings is 5. The number of anilines is 3. The van der Waals surface area contributed by atoms with Crippen molar-refractivity contribution in [2.24, 2.45) is 0 Å². The summed E-state index contributed by atoms with van der Waals surface area (Å²) in [4.78, 5) is 29.0. The molecular formula is C36H23NO2S. The van der Waals surface area contributed by atoms with E-state index in [1.807, 2.05) is 30.3 Å². The summed E-state index contributed by atoms with van der Waals surface area (Å²) in [6, 6.07) is 44.7. The summed E-state index contributed by atoms with van der Waals surface area (Å²) in [6.07, 6.45) is 1.70. The molecule has 5 aromatic carbocycles. The number of rotatable bonds is 5. The zero-order valence-corrected chi connectivity index (χ0v) is 22.3. The highest BCUT2D eigenvalue weighted by molar-refractivity contribution is 7.19. The van der Waals surface area contributed by atoms with Crippen LogP contribution < -0.4 is 4.90 Å². The summed E-state index contributed by atoms with van der Waals surface area (Å²) in [6.45, 7) is 0. The largest absolute Gasteiger partial charge is 0.302 e. The number of hydrogen-bond donors (Lipinski definition) is 0. The fourth-order valence-corrected chi connectivity index (χ4v) is 6.27. The number of ketones is 2. The first-order chi connectivity index (χ1) is 19.7. The Bertz CT molecular complexity index is 1900. The van der Waals surface area contributed by atoms with E-state index in [9.17, 15) is 9.59 Å². The second-order valence-corrected chi connectivity index (χ2v) is 10.8. The molecule has 0 radical (unpaired) electrons. The zero-order valence-electron chi connectivity index (χ0n) is 21.5. The van der Waals surface area contributed by atoms with Crippen LogP contribution in [0.5, 0.6) is 0 Å². The van der Waals surface area contributed by atoms with Crippen molar-refractivity contribution in [3.63, 3.8) is 0 Å². The molecule has 1 aliphatic rings. The van der Waals surface area contributed by atoms with Gasteiger partial charge in [-0.05, 0) is 64.4 Å². The maximum atomic E-state index is 12.8. The van der Waals surface area contributed by atoms with Gasteiger partial charge in [0.2, 0.25) is 0 Å². The molecule has 0 N–H and O–H groups in total. The van der Waals surface area contributed by atoms with Gasteiger partial charge in [-0.15, -0.1) is 11.3 Å². The predicted molar refractivity (Wildman–Crippen MR) is 165 cm³/mol. The number of thiophene rings is 1. The fourth-order valence-electron chi connectivity index (χ4n) is 5.21. The number of nitrogens with zero attached hydrogens (tertiary/aromatic N) is 1. The van der Waals surface area contributed by atoms with Crippen molar-refractivity contribution in [1.82, 2.24) is 0 Å². The third kappa shape index (κ3) is 4.25. The Morgan fingerprint density at radius 1 is 0.550 bits per heavy atom. The second-order valence-electron chi connectivity index (χ2n) is 9.72. The van der Waals surface area contributed by atoms with Crippen LogP contribution in [0.1, 0.15) is 26.3 Å². The van der Waals surface area contributed by atoms with Crippen LogP contribution in [0.15, 0.2) is 139 Å². The molecule has 0 fully saturated rings. The first-order valence-corrected chi connectivity index (χ1v) is 13.9. The van der Waals surface area contributed by atoms with Gasteiger partial charge in [0.15, 0.2) is 11.6 Å². The molecule has 0 saturated heterocycles. The molecular weight excluding hydrogens is 510 g/mol. The molecule has 40 heavy (non-hydrogen) atoms. The van der Waals surface area contributed by atoms with Crippen LogP contribution in [0.2, 0.25) is 0 Å². The molecule has 0 saturated carbocycles. The second kappa shape index (κ2) is 9.92. The topological polar surface area (TPSA) is 37.4 Å². The summed E-state index contributed by atoms with van der Waals surface area (Å²) in [7, 11) is 0. The number of Topliss-reactive ketones (excluding diaryl/α,β-unsaturated/α-hetero) is 2. The van der Waals surface area contributed by atoms with Crippen LogP contribution in [-0.4, -0.2) is 11.6 Å². The van der Waals surface area contributed by atoms with Crippen LogP contribution in [-0.2, 0) is 0 Å². The van der Waals surface area contributed by atoms with Gasteiger partial charge in [-0.3, -0.25) is 9.59 Å². The average Bonchev–Trinajstić information content (AvgIpc) is 3.58. The Morgan fingerprint density at radius 3 is 1.93 bits per heavy atom. The van der Waals surface area contributed by atoms with Gasteiger partial charge in [0.1, 0.15) is 5.00 Å². The third-order valence-electron chi connectivity index (χ3n) is 7.23. The number of fused-ring (bicyclic) bond motifs is 2. The average molecular weight is 534 g/mol. The number of carbonyl (C=O) groups excluding carboxylic acids is 2. The van der Waals surface area contributed by atoms with Crippen LogP contribution in [0.3, 0.4) is 0 Å². The third-order valence-corrected chi connectivity index (χ3v) is 8.35. The van der Waals surface area contributed by atoms with Crippen molar-refractivity contribution in [2.75, 3.05) is 4.90 Å².